The van der Waals surface area contributed by atoms with Crippen LogP contribution in [0, 0.1) is 11.3 Å². The molecule has 3 saturated heterocycles. The van der Waals surface area contributed by atoms with Gasteiger partial charge in [-0.15, -0.1) is 0 Å². The number of nitrogens with zero attached hydrogens (tertiary/aromatic N) is 4. The molecule has 0 unspecified atom stereocenters. The molecule has 1 saturated carbocycles. The van der Waals surface area contributed by atoms with Gasteiger partial charge in [0.1, 0.15) is 0 Å². The first kappa shape index (κ1) is 17.7. The minimum Gasteiger partial charge on any atom is -0.341 e. The third kappa shape index (κ3) is 4.37. The van der Waals surface area contributed by atoms with Crippen LogP contribution in [0.2, 0.25) is 0 Å². The van der Waals surface area contributed by atoms with Gasteiger partial charge in [-0.2, -0.15) is 0 Å². The van der Waals surface area contributed by atoms with E-state index in [0.717, 1.165) is 51.7 Å². The number of carbonyl (C=O) groups excluding carboxylic acids is 1. The maximum atomic E-state index is 12.8. The summed E-state index contributed by atoms with van der Waals surface area (Å²) in [6.07, 6.45) is 6.77. The van der Waals surface area contributed by atoms with Crippen molar-refractivity contribution in [2.24, 2.45) is 11.3 Å². The number of piperazine rings is 1. The van der Waals surface area contributed by atoms with Crippen molar-refractivity contribution in [2.45, 2.75) is 39.0 Å². The summed E-state index contributed by atoms with van der Waals surface area (Å²) in [7, 11) is 0. The lowest BCUT2D eigenvalue weighted by molar-refractivity contribution is -0.132. The molecule has 0 aromatic carbocycles. The van der Waals surface area contributed by atoms with Gasteiger partial charge < -0.3 is 14.7 Å². The van der Waals surface area contributed by atoms with Crippen molar-refractivity contribution in [1.82, 2.24) is 19.6 Å². The molecule has 0 aromatic rings. The topological polar surface area (TPSA) is 30.0 Å². The molecule has 25 heavy (non-hydrogen) atoms. The lowest BCUT2D eigenvalue weighted by atomic mass is 9.79. The van der Waals surface area contributed by atoms with Gasteiger partial charge >= 0.3 is 0 Å². The highest BCUT2D eigenvalue weighted by atomic mass is 16.2. The Balaban J connectivity index is 1.25. The molecule has 0 N–H and O–H groups in total. The molecule has 4 aliphatic rings. The quantitative estimate of drug-likeness (QED) is 0.750. The number of rotatable bonds is 5. The van der Waals surface area contributed by atoms with Crippen LogP contribution in [-0.4, -0.2) is 97.5 Å². The molecule has 1 atom stereocenters. The molecule has 1 spiro atoms. The van der Waals surface area contributed by atoms with Crippen molar-refractivity contribution in [3.05, 3.63) is 0 Å². The first-order valence-electron chi connectivity index (χ1n) is 10.6. The van der Waals surface area contributed by atoms with Crippen molar-refractivity contribution in [1.29, 1.82) is 0 Å². The van der Waals surface area contributed by atoms with Gasteiger partial charge in [0.15, 0.2) is 0 Å². The van der Waals surface area contributed by atoms with Crippen LogP contribution in [0.15, 0.2) is 0 Å². The van der Waals surface area contributed by atoms with Gasteiger partial charge in [0.2, 0.25) is 5.91 Å². The fourth-order valence-electron chi connectivity index (χ4n) is 5.17. The first-order valence-corrected chi connectivity index (χ1v) is 10.6. The molecule has 1 aliphatic carbocycles. The minimum atomic E-state index is 0.376. The Morgan fingerprint density at radius 1 is 0.920 bits per heavy atom. The van der Waals surface area contributed by atoms with Crippen molar-refractivity contribution in [3.8, 4) is 0 Å². The van der Waals surface area contributed by atoms with E-state index >= 15 is 0 Å². The Kier molecular flexibility index (Phi) is 5.35. The number of carbonyl (C=O) groups is 1. The fraction of sp³-hybridized carbons (Fsp3) is 0.950. The highest BCUT2D eigenvalue weighted by Gasteiger charge is 2.43. The largest absolute Gasteiger partial charge is 0.341 e. The Labute approximate surface area is 153 Å². The highest BCUT2D eigenvalue weighted by Crippen LogP contribution is 2.40. The maximum Gasteiger partial charge on any atom is 0.236 e. The Bertz CT molecular complexity index is 472. The zero-order chi connectivity index (χ0) is 17.3. The van der Waals surface area contributed by atoms with Gasteiger partial charge in [-0.1, -0.05) is 6.92 Å². The number of amides is 1. The van der Waals surface area contributed by atoms with E-state index < -0.39 is 0 Å². The number of hydrogen-bond donors (Lipinski definition) is 0. The van der Waals surface area contributed by atoms with Crippen LogP contribution in [-0.2, 0) is 4.79 Å². The van der Waals surface area contributed by atoms with Crippen molar-refractivity contribution < 1.29 is 4.79 Å². The Hall–Kier alpha value is -0.650. The van der Waals surface area contributed by atoms with Crippen LogP contribution in [0.3, 0.4) is 0 Å². The van der Waals surface area contributed by atoms with Crippen LogP contribution in [0.5, 0.6) is 0 Å². The van der Waals surface area contributed by atoms with Crippen LogP contribution in [0.4, 0.5) is 0 Å². The lowest BCUT2D eigenvalue weighted by Crippen LogP contribution is -2.50. The summed E-state index contributed by atoms with van der Waals surface area (Å²) in [5.41, 5.74) is 0.406. The van der Waals surface area contributed by atoms with E-state index in [2.05, 4.69) is 26.5 Å². The maximum absolute atomic E-state index is 12.8. The summed E-state index contributed by atoms with van der Waals surface area (Å²) >= 11 is 0. The molecular formula is C20H36N4O. The van der Waals surface area contributed by atoms with Crippen LogP contribution in [0.25, 0.3) is 0 Å². The zero-order valence-electron chi connectivity index (χ0n) is 16.1. The average Bonchev–Trinajstić information content (AvgIpc) is 3.35. The van der Waals surface area contributed by atoms with E-state index in [1.807, 2.05) is 0 Å². The van der Waals surface area contributed by atoms with Crippen LogP contribution >= 0.6 is 0 Å². The summed E-state index contributed by atoms with van der Waals surface area (Å²) in [6, 6.07) is 0. The van der Waals surface area contributed by atoms with E-state index in [1.54, 1.807) is 0 Å². The molecule has 4 fully saturated rings. The molecule has 0 radical (unpaired) electrons. The minimum absolute atomic E-state index is 0.376. The van der Waals surface area contributed by atoms with E-state index in [9.17, 15) is 4.79 Å². The molecule has 5 nitrogen and oxygen atoms in total. The van der Waals surface area contributed by atoms with E-state index in [0.29, 0.717) is 17.9 Å². The second kappa shape index (κ2) is 7.53. The predicted molar refractivity (Wildman–Crippen MR) is 101 cm³/mol. The highest BCUT2D eigenvalue weighted by molar-refractivity contribution is 5.78. The van der Waals surface area contributed by atoms with Gasteiger partial charge in [0.25, 0.3) is 0 Å². The second-order valence-electron chi connectivity index (χ2n) is 9.06. The smallest absolute Gasteiger partial charge is 0.236 e. The Morgan fingerprint density at radius 2 is 1.68 bits per heavy atom. The summed E-state index contributed by atoms with van der Waals surface area (Å²) in [5, 5.41) is 0. The van der Waals surface area contributed by atoms with Gasteiger partial charge in [-0.25, -0.2) is 0 Å². The normalized spacial score (nSPS) is 32.6. The molecule has 0 aromatic heterocycles. The number of hydrogen-bond acceptors (Lipinski definition) is 4. The summed E-state index contributed by atoms with van der Waals surface area (Å²) in [4.78, 5) is 22.5. The van der Waals surface area contributed by atoms with E-state index in [4.69, 9.17) is 0 Å². The van der Waals surface area contributed by atoms with Gasteiger partial charge in [-0.05, 0) is 51.1 Å². The van der Waals surface area contributed by atoms with Crippen LogP contribution in [0.1, 0.15) is 39.0 Å². The standard InChI is InChI=1S/C20H36N4O/c1-2-21-10-12-22(13-11-21)15-19(25)24-9-7-20(17-24)6-3-8-23(16-20)14-18-4-5-18/h18H,2-17H2,1H3/t20-/m1/s1. The summed E-state index contributed by atoms with van der Waals surface area (Å²) < 4.78 is 0. The number of likely N-dealkylation sites (N-methyl/N-ethyl adjacent to an activating group) is 1. The molecular weight excluding hydrogens is 312 g/mol. The van der Waals surface area contributed by atoms with Crippen molar-refractivity contribution in [2.75, 3.05) is 72.0 Å². The first-order chi connectivity index (χ1) is 12.2. The van der Waals surface area contributed by atoms with E-state index in [-0.39, 0.29) is 0 Å². The SMILES string of the molecule is CCN1CCN(CC(=O)N2CC[C@@]3(CCCN(CC4CC4)C3)C2)CC1. The average molecular weight is 349 g/mol. The monoisotopic (exact) mass is 348 g/mol. The summed E-state index contributed by atoms with van der Waals surface area (Å²) in [5.74, 6) is 1.36. The number of piperidine rings is 1. The molecule has 0 bridgehead atoms. The third-order valence-electron chi connectivity index (χ3n) is 7.02. The molecule has 3 heterocycles. The molecule has 5 heteroatoms. The lowest BCUT2D eigenvalue weighted by Gasteiger charge is -2.40. The summed E-state index contributed by atoms with van der Waals surface area (Å²) in [6.45, 7) is 14.2. The van der Waals surface area contributed by atoms with Crippen molar-refractivity contribution >= 4 is 5.91 Å². The molecule has 3 aliphatic heterocycles. The molecule has 1 amide bonds. The van der Waals surface area contributed by atoms with Crippen molar-refractivity contribution in [3.63, 3.8) is 0 Å². The van der Waals surface area contributed by atoms with Gasteiger partial charge in [0, 0.05) is 57.8 Å². The number of likely N-dealkylation sites (tertiary alicyclic amines) is 2. The van der Waals surface area contributed by atoms with Gasteiger partial charge in [0.05, 0.1) is 6.54 Å². The molecule has 4 rings (SSSR count). The second-order valence-corrected chi connectivity index (χ2v) is 9.06. The van der Waals surface area contributed by atoms with E-state index in [1.165, 1.54) is 51.7 Å². The fourth-order valence-corrected chi connectivity index (χ4v) is 5.17. The third-order valence-corrected chi connectivity index (χ3v) is 7.02. The van der Waals surface area contributed by atoms with Crippen LogP contribution < -0.4 is 0 Å². The zero-order valence-corrected chi connectivity index (χ0v) is 16.1. The Morgan fingerprint density at radius 3 is 2.40 bits per heavy atom. The molecule has 142 valence electrons. The predicted octanol–water partition coefficient (Wildman–Crippen LogP) is 1.35. The van der Waals surface area contributed by atoms with Gasteiger partial charge in [-0.3, -0.25) is 9.69 Å².